The van der Waals surface area contributed by atoms with Crippen LogP contribution < -0.4 is 4.74 Å². The highest BCUT2D eigenvalue weighted by Crippen LogP contribution is 2.15. The molecule has 0 saturated heterocycles. The predicted molar refractivity (Wildman–Crippen MR) is 48.4 cm³/mol. The van der Waals surface area contributed by atoms with Crippen LogP contribution in [-0.2, 0) is 0 Å². The van der Waals surface area contributed by atoms with E-state index >= 15 is 0 Å². The lowest BCUT2D eigenvalue weighted by molar-refractivity contribution is 0.312. The highest BCUT2D eigenvalue weighted by Gasteiger charge is 1.93. The van der Waals surface area contributed by atoms with Crippen LogP contribution in [0.25, 0.3) is 0 Å². The van der Waals surface area contributed by atoms with Crippen molar-refractivity contribution < 1.29 is 9.84 Å². The normalized spacial score (nSPS) is 9.15. The molecule has 0 saturated carbocycles. The standard InChI is InChI=1S/C10H11NO2/c11-7-1-2-8-13-10-5-3-9(12)4-6-10/h3-6,12H,1-2,8H2. The molecule has 0 radical (unpaired) electrons. The molecule has 13 heavy (non-hydrogen) atoms. The van der Waals surface area contributed by atoms with Gasteiger partial charge in [0.15, 0.2) is 0 Å². The molecule has 0 atom stereocenters. The van der Waals surface area contributed by atoms with Crippen LogP contribution >= 0.6 is 0 Å². The Hall–Kier alpha value is -1.69. The minimum atomic E-state index is 0.226. The lowest BCUT2D eigenvalue weighted by atomic mass is 10.3. The Kier molecular flexibility index (Phi) is 3.65. The van der Waals surface area contributed by atoms with Crippen LogP contribution in [0, 0.1) is 11.3 Å². The molecule has 0 fully saturated rings. The van der Waals surface area contributed by atoms with Crippen molar-refractivity contribution in [2.45, 2.75) is 12.8 Å². The zero-order valence-electron chi connectivity index (χ0n) is 7.23. The molecular formula is C10H11NO2. The van der Waals surface area contributed by atoms with Gasteiger partial charge in [0.2, 0.25) is 0 Å². The number of aromatic hydroxyl groups is 1. The number of rotatable bonds is 4. The molecule has 3 nitrogen and oxygen atoms in total. The van der Waals surface area contributed by atoms with Crippen molar-refractivity contribution in [1.82, 2.24) is 0 Å². The maximum atomic E-state index is 8.97. The van der Waals surface area contributed by atoms with E-state index in [0.29, 0.717) is 13.0 Å². The number of ether oxygens (including phenoxy) is 1. The summed E-state index contributed by atoms with van der Waals surface area (Å²) >= 11 is 0. The Morgan fingerprint density at radius 1 is 1.31 bits per heavy atom. The monoisotopic (exact) mass is 177 g/mol. The van der Waals surface area contributed by atoms with E-state index in [-0.39, 0.29) is 5.75 Å². The molecule has 0 bridgehead atoms. The summed E-state index contributed by atoms with van der Waals surface area (Å²) in [5, 5.41) is 17.2. The van der Waals surface area contributed by atoms with Gasteiger partial charge < -0.3 is 9.84 Å². The highest BCUT2D eigenvalue weighted by molar-refractivity contribution is 5.29. The Balaban J connectivity index is 2.30. The first-order valence-corrected chi connectivity index (χ1v) is 4.11. The molecule has 0 unspecified atom stereocenters. The molecule has 1 aromatic carbocycles. The molecule has 0 heterocycles. The molecule has 0 aliphatic carbocycles. The molecule has 1 rings (SSSR count). The molecule has 0 aliphatic heterocycles. The van der Waals surface area contributed by atoms with Crippen molar-refractivity contribution in [3.8, 4) is 17.6 Å². The Bertz CT molecular complexity index is 287. The Morgan fingerprint density at radius 2 is 2.00 bits per heavy atom. The molecule has 3 heteroatoms. The molecule has 0 aromatic heterocycles. The van der Waals surface area contributed by atoms with Crippen LogP contribution in [0.3, 0.4) is 0 Å². The average molecular weight is 177 g/mol. The van der Waals surface area contributed by atoms with Crippen LogP contribution in [0.4, 0.5) is 0 Å². The summed E-state index contributed by atoms with van der Waals surface area (Å²) in [5.41, 5.74) is 0. The molecule has 1 N–H and O–H groups in total. The molecular weight excluding hydrogens is 166 g/mol. The quantitative estimate of drug-likeness (QED) is 0.716. The van der Waals surface area contributed by atoms with Crippen molar-refractivity contribution >= 4 is 0 Å². The summed E-state index contributed by atoms with van der Waals surface area (Å²) in [5.74, 6) is 0.945. The molecule has 0 amide bonds. The number of hydrogen-bond donors (Lipinski definition) is 1. The summed E-state index contributed by atoms with van der Waals surface area (Å²) in [6.45, 7) is 0.540. The van der Waals surface area contributed by atoms with E-state index in [1.54, 1.807) is 24.3 Å². The maximum absolute atomic E-state index is 8.97. The van der Waals surface area contributed by atoms with Gasteiger partial charge in [0.05, 0.1) is 12.7 Å². The van der Waals surface area contributed by atoms with E-state index in [0.717, 1.165) is 12.2 Å². The van der Waals surface area contributed by atoms with Crippen LogP contribution in [-0.4, -0.2) is 11.7 Å². The average Bonchev–Trinajstić information content (AvgIpc) is 2.15. The van der Waals surface area contributed by atoms with Gasteiger partial charge in [-0.1, -0.05) is 0 Å². The van der Waals surface area contributed by atoms with E-state index in [4.69, 9.17) is 15.1 Å². The number of unbranched alkanes of at least 4 members (excludes halogenated alkanes) is 1. The van der Waals surface area contributed by atoms with Gasteiger partial charge in [-0.05, 0) is 30.7 Å². The van der Waals surface area contributed by atoms with Crippen LogP contribution in [0.5, 0.6) is 11.5 Å². The molecule has 0 spiro atoms. The SMILES string of the molecule is N#CCCCOc1ccc(O)cc1. The fraction of sp³-hybridized carbons (Fsp3) is 0.300. The van der Waals surface area contributed by atoms with Gasteiger partial charge in [0.1, 0.15) is 11.5 Å². The van der Waals surface area contributed by atoms with Gasteiger partial charge in [-0.25, -0.2) is 0 Å². The summed E-state index contributed by atoms with van der Waals surface area (Å²) < 4.78 is 5.30. The number of phenols is 1. The summed E-state index contributed by atoms with van der Waals surface area (Å²) in [6, 6.07) is 8.57. The van der Waals surface area contributed by atoms with Crippen LogP contribution in [0.15, 0.2) is 24.3 Å². The second-order valence-electron chi connectivity index (χ2n) is 2.60. The van der Waals surface area contributed by atoms with Crippen LogP contribution in [0.1, 0.15) is 12.8 Å². The molecule has 1 aromatic rings. The van der Waals surface area contributed by atoms with Gasteiger partial charge in [-0.15, -0.1) is 0 Å². The van der Waals surface area contributed by atoms with E-state index in [1.807, 2.05) is 6.07 Å². The maximum Gasteiger partial charge on any atom is 0.119 e. The smallest absolute Gasteiger partial charge is 0.119 e. The number of nitrogens with zero attached hydrogens (tertiary/aromatic N) is 1. The summed E-state index contributed by atoms with van der Waals surface area (Å²) in [4.78, 5) is 0. The third-order valence-corrected chi connectivity index (χ3v) is 1.54. The minimum Gasteiger partial charge on any atom is -0.508 e. The fourth-order valence-electron chi connectivity index (χ4n) is 0.884. The van der Waals surface area contributed by atoms with E-state index in [1.165, 1.54) is 0 Å². The lowest BCUT2D eigenvalue weighted by Crippen LogP contribution is -1.95. The van der Waals surface area contributed by atoms with Gasteiger partial charge in [-0.3, -0.25) is 0 Å². The van der Waals surface area contributed by atoms with Gasteiger partial charge in [-0.2, -0.15) is 5.26 Å². The second kappa shape index (κ2) is 5.04. The van der Waals surface area contributed by atoms with Crippen molar-refractivity contribution in [3.63, 3.8) is 0 Å². The number of phenolic OH excluding ortho intramolecular Hbond substituents is 1. The minimum absolute atomic E-state index is 0.226. The van der Waals surface area contributed by atoms with E-state index < -0.39 is 0 Å². The van der Waals surface area contributed by atoms with Gasteiger partial charge in [0, 0.05) is 6.42 Å². The second-order valence-corrected chi connectivity index (χ2v) is 2.60. The zero-order chi connectivity index (χ0) is 9.52. The third kappa shape index (κ3) is 3.48. The summed E-state index contributed by atoms with van der Waals surface area (Å²) in [7, 11) is 0. The third-order valence-electron chi connectivity index (χ3n) is 1.54. The van der Waals surface area contributed by atoms with Crippen molar-refractivity contribution in [2.24, 2.45) is 0 Å². The lowest BCUT2D eigenvalue weighted by Gasteiger charge is -2.03. The van der Waals surface area contributed by atoms with Crippen molar-refractivity contribution in [1.29, 1.82) is 5.26 Å². The van der Waals surface area contributed by atoms with Crippen LogP contribution in [0.2, 0.25) is 0 Å². The van der Waals surface area contributed by atoms with Gasteiger partial charge >= 0.3 is 0 Å². The Labute approximate surface area is 77.2 Å². The van der Waals surface area contributed by atoms with Crippen molar-refractivity contribution in [2.75, 3.05) is 6.61 Å². The largest absolute Gasteiger partial charge is 0.508 e. The first-order valence-electron chi connectivity index (χ1n) is 4.11. The highest BCUT2D eigenvalue weighted by atomic mass is 16.5. The zero-order valence-corrected chi connectivity index (χ0v) is 7.23. The topological polar surface area (TPSA) is 53.2 Å². The Morgan fingerprint density at radius 3 is 2.62 bits per heavy atom. The van der Waals surface area contributed by atoms with Crippen molar-refractivity contribution in [3.05, 3.63) is 24.3 Å². The predicted octanol–water partition coefficient (Wildman–Crippen LogP) is 2.07. The first-order chi connectivity index (χ1) is 6.33. The van der Waals surface area contributed by atoms with E-state index in [2.05, 4.69) is 0 Å². The van der Waals surface area contributed by atoms with Gasteiger partial charge in [0.25, 0.3) is 0 Å². The number of nitriles is 1. The summed E-state index contributed by atoms with van der Waals surface area (Å²) in [6.07, 6.45) is 1.25. The molecule has 0 aliphatic rings. The number of hydrogen-bond acceptors (Lipinski definition) is 3. The fourth-order valence-corrected chi connectivity index (χ4v) is 0.884. The van der Waals surface area contributed by atoms with E-state index in [9.17, 15) is 0 Å². The molecule has 68 valence electrons. The number of benzene rings is 1. The first kappa shape index (κ1) is 9.40.